The Morgan fingerprint density at radius 2 is 1.95 bits per heavy atom. The van der Waals surface area contributed by atoms with E-state index in [9.17, 15) is 10.1 Å². The molecule has 1 aliphatic rings. The van der Waals surface area contributed by atoms with Crippen LogP contribution >= 0.6 is 0 Å². The molecule has 0 aromatic rings. The molecule has 1 fully saturated rings. The van der Waals surface area contributed by atoms with Gasteiger partial charge in [-0.1, -0.05) is 6.92 Å². The summed E-state index contributed by atoms with van der Waals surface area (Å²) in [6.07, 6.45) is 2.63. The molecule has 19 heavy (non-hydrogen) atoms. The fourth-order valence-corrected chi connectivity index (χ4v) is 2.06. The van der Waals surface area contributed by atoms with Gasteiger partial charge in [0.05, 0.1) is 12.0 Å². The van der Waals surface area contributed by atoms with E-state index >= 15 is 0 Å². The van der Waals surface area contributed by atoms with Gasteiger partial charge in [-0.2, -0.15) is 0 Å². The molecule has 0 aromatic carbocycles. The van der Waals surface area contributed by atoms with E-state index in [0.717, 1.165) is 38.3 Å². The highest BCUT2D eigenvalue weighted by atomic mass is 16.6. The van der Waals surface area contributed by atoms with Crippen LogP contribution in [-0.2, 0) is 4.74 Å². The number of piperazine rings is 1. The van der Waals surface area contributed by atoms with Gasteiger partial charge in [-0.3, -0.25) is 10.1 Å². The lowest BCUT2D eigenvalue weighted by Gasteiger charge is -2.35. The van der Waals surface area contributed by atoms with Crippen molar-refractivity contribution in [3.63, 3.8) is 0 Å². The van der Waals surface area contributed by atoms with E-state index in [1.54, 1.807) is 6.08 Å². The number of methoxy groups -OCH3 is 1. The average Bonchev–Trinajstić information content (AvgIpc) is 2.41. The van der Waals surface area contributed by atoms with Gasteiger partial charge in [0.15, 0.2) is 5.76 Å². The van der Waals surface area contributed by atoms with E-state index in [0.29, 0.717) is 5.76 Å². The van der Waals surface area contributed by atoms with E-state index in [1.165, 1.54) is 14.0 Å². The molecule has 0 atom stereocenters. The maximum atomic E-state index is 10.8. The average molecular weight is 269 g/mol. The molecule has 0 aliphatic carbocycles. The Kier molecular flexibility index (Phi) is 5.82. The summed E-state index contributed by atoms with van der Waals surface area (Å²) in [5.74, 6) is 0.334. The first kappa shape index (κ1) is 15.5. The predicted octanol–water partition coefficient (Wildman–Crippen LogP) is 1.68. The van der Waals surface area contributed by atoms with Gasteiger partial charge in [0.1, 0.15) is 0 Å². The van der Waals surface area contributed by atoms with Gasteiger partial charge in [-0.25, -0.2) is 0 Å². The molecule has 0 amide bonds. The number of nitro groups is 1. The number of likely N-dealkylation sites (N-methyl/N-ethyl adjacent to an activating group) is 1. The first-order valence-corrected chi connectivity index (χ1v) is 6.52. The smallest absolute Gasteiger partial charge is 0.284 e. The molecule has 108 valence electrons. The predicted molar refractivity (Wildman–Crippen MR) is 74.1 cm³/mol. The fraction of sp³-hybridized carbons (Fsp3) is 0.692. The molecular formula is C13H23N3O3. The van der Waals surface area contributed by atoms with Crippen molar-refractivity contribution in [2.45, 2.75) is 20.3 Å². The summed E-state index contributed by atoms with van der Waals surface area (Å²) in [5, 5.41) is 10.8. The van der Waals surface area contributed by atoms with Gasteiger partial charge in [0.2, 0.25) is 0 Å². The Morgan fingerprint density at radius 3 is 2.37 bits per heavy atom. The van der Waals surface area contributed by atoms with E-state index in [-0.39, 0.29) is 5.70 Å². The van der Waals surface area contributed by atoms with Crippen molar-refractivity contribution >= 4 is 0 Å². The lowest BCUT2D eigenvalue weighted by molar-refractivity contribution is -0.427. The van der Waals surface area contributed by atoms with Crippen molar-refractivity contribution in [2.24, 2.45) is 0 Å². The van der Waals surface area contributed by atoms with Crippen LogP contribution in [0.2, 0.25) is 0 Å². The van der Waals surface area contributed by atoms with Crippen molar-refractivity contribution in [2.75, 3.05) is 40.3 Å². The summed E-state index contributed by atoms with van der Waals surface area (Å²) in [5.41, 5.74) is 1.13. The van der Waals surface area contributed by atoms with Gasteiger partial charge in [-0.15, -0.1) is 0 Å². The highest BCUT2D eigenvalue weighted by Crippen LogP contribution is 2.17. The van der Waals surface area contributed by atoms with Crippen LogP contribution in [0.4, 0.5) is 0 Å². The van der Waals surface area contributed by atoms with Crippen LogP contribution < -0.4 is 0 Å². The van der Waals surface area contributed by atoms with Crippen LogP contribution in [0, 0.1) is 10.1 Å². The van der Waals surface area contributed by atoms with Crippen molar-refractivity contribution in [3.8, 4) is 0 Å². The van der Waals surface area contributed by atoms with Gasteiger partial charge in [0.25, 0.3) is 5.70 Å². The minimum absolute atomic E-state index is 0.0441. The molecule has 1 heterocycles. The number of nitrogens with zero attached hydrogens (tertiary/aromatic N) is 3. The molecule has 0 unspecified atom stereocenters. The number of hydrogen-bond donors (Lipinski definition) is 0. The summed E-state index contributed by atoms with van der Waals surface area (Å²) in [6.45, 7) is 7.44. The third-order valence-electron chi connectivity index (χ3n) is 3.42. The van der Waals surface area contributed by atoms with Gasteiger partial charge in [0, 0.05) is 44.9 Å². The maximum absolute atomic E-state index is 10.8. The van der Waals surface area contributed by atoms with Crippen LogP contribution in [0.3, 0.4) is 0 Å². The molecule has 0 N–H and O–H groups in total. The van der Waals surface area contributed by atoms with Crippen molar-refractivity contribution < 1.29 is 9.66 Å². The van der Waals surface area contributed by atoms with Crippen LogP contribution in [0.1, 0.15) is 20.3 Å². The van der Waals surface area contributed by atoms with Crippen molar-refractivity contribution in [1.29, 1.82) is 0 Å². The second kappa shape index (κ2) is 7.13. The minimum atomic E-state index is -0.410. The SMILES string of the molecule is CC/C(=C\C(OC)=C(/C)[N+](=O)[O-])N1CCN(C)CC1. The molecule has 6 nitrogen and oxygen atoms in total. The summed E-state index contributed by atoms with van der Waals surface area (Å²) >= 11 is 0. The molecule has 1 aliphatic heterocycles. The lowest BCUT2D eigenvalue weighted by atomic mass is 10.2. The second-order valence-electron chi connectivity index (χ2n) is 4.69. The van der Waals surface area contributed by atoms with Crippen molar-refractivity contribution in [1.82, 2.24) is 9.80 Å². The van der Waals surface area contributed by atoms with Crippen LogP contribution in [0.15, 0.2) is 23.2 Å². The number of rotatable bonds is 5. The molecule has 6 heteroatoms. The van der Waals surface area contributed by atoms with Crippen LogP contribution in [0.5, 0.6) is 0 Å². The van der Waals surface area contributed by atoms with E-state index in [1.807, 2.05) is 0 Å². The summed E-state index contributed by atoms with van der Waals surface area (Å²) < 4.78 is 5.14. The Labute approximate surface area is 114 Å². The standard InChI is InChI=1S/C13H23N3O3/c1-5-12(15-8-6-14(3)7-9-15)10-13(19-4)11(2)16(17)18/h10H,5-9H2,1-4H3/b12-10+,13-11-. The van der Waals surface area contributed by atoms with Gasteiger partial charge < -0.3 is 14.5 Å². The van der Waals surface area contributed by atoms with E-state index in [4.69, 9.17) is 4.74 Å². The highest BCUT2D eigenvalue weighted by molar-refractivity contribution is 5.20. The first-order valence-electron chi connectivity index (χ1n) is 6.52. The highest BCUT2D eigenvalue weighted by Gasteiger charge is 2.18. The Morgan fingerprint density at radius 1 is 1.37 bits per heavy atom. The first-order chi connectivity index (χ1) is 8.99. The number of ether oxygens (including phenoxy) is 1. The monoisotopic (exact) mass is 269 g/mol. The van der Waals surface area contributed by atoms with Crippen molar-refractivity contribution in [3.05, 3.63) is 33.3 Å². The zero-order chi connectivity index (χ0) is 14.4. The zero-order valence-corrected chi connectivity index (χ0v) is 12.2. The summed E-state index contributed by atoms with van der Waals surface area (Å²) in [6, 6.07) is 0. The number of hydrogen-bond acceptors (Lipinski definition) is 5. The number of allylic oxidation sites excluding steroid dienone is 3. The maximum Gasteiger partial charge on any atom is 0.284 e. The summed E-state index contributed by atoms with van der Waals surface area (Å²) in [4.78, 5) is 14.9. The molecule has 0 radical (unpaired) electrons. The van der Waals surface area contributed by atoms with Crippen LogP contribution in [0.25, 0.3) is 0 Å². The quantitative estimate of drug-likeness (QED) is 0.329. The molecule has 0 bridgehead atoms. The minimum Gasteiger partial charge on any atom is -0.490 e. The largest absolute Gasteiger partial charge is 0.490 e. The normalized spacial score (nSPS) is 19.2. The Bertz CT molecular complexity index is 383. The molecule has 1 rings (SSSR count). The molecule has 1 saturated heterocycles. The lowest BCUT2D eigenvalue weighted by Crippen LogP contribution is -2.43. The molecule has 0 saturated carbocycles. The van der Waals surface area contributed by atoms with Gasteiger partial charge >= 0.3 is 0 Å². The molecular weight excluding hydrogens is 246 g/mol. The fourth-order valence-electron chi connectivity index (χ4n) is 2.06. The Hall–Kier alpha value is -1.56. The van der Waals surface area contributed by atoms with Crippen LogP contribution in [-0.4, -0.2) is 55.1 Å². The van der Waals surface area contributed by atoms with Gasteiger partial charge in [-0.05, 0) is 13.5 Å². The van der Waals surface area contributed by atoms with E-state index < -0.39 is 4.92 Å². The summed E-state index contributed by atoms with van der Waals surface area (Å²) in [7, 11) is 3.57. The van der Waals surface area contributed by atoms with E-state index in [2.05, 4.69) is 23.8 Å². The second-order valence-corrected chi connectivity index (χ2v) is 4.69. The third kappa shape index (κ3) is 4.24. The molecule has 0 aromatic heterocycles. The molecule has 0 spiro atoms. The third-order valence-corrected chi connectivity index (χ3v) is 3.42. The zero-order valence-electron chi connectivity index (χ0n) is 12.2. The topological polar surface area (TPSA) is 58.9 Å². The Balaban J connectivity index is 2.91.